The highest BCUT2D eigenvalue weighted by atomic mass is 16.8. The molecule has 0 aromatic heterocycles. The number of rotatable bonds is 1. The third kappa shape index (κ3) is 2.80. The van der Waals surface area contributed by atoms with Gasteiger partial charge >= 0.3 is 0 Å². The number of hydrogen-bond donors (Lipinski definition) is 0. The Hall–Kier alpha value is -1.45. The predicted octanol–water partition coefficient (Wildman–Crippen LogP) is 1.62. The van der Waals surface area contributed by atoms with E-state index in [0.717, 1.165) is 12.8 Å². The van der Waals surface area contributed by atoms with Crippen LogP contribution in [0.25, 0.3) is 0 Å². The minimum atomic E-state index is -0.428. The fourth-order valence-electron chi connectivity index (χ4n) is 1.22. The van der Waals surface area contributed by atoms with Crippen molar-refractivity contribution in [2.45, 2.75) is 26.3 Å². The van der Waals surface area contributed by atoms with E-state index >= 15 is 0 Å². The lowest BCUT2D eigenvalue weighted by atomic mass is 10.0. The van der Waals surface area contributed by atoms with Gasteiger partial charge in [-0.05, 0) is 26.8 Å². The highest BCUT2D eigenvalue weighted by Crippen LogP contribution is 2.17. The van der Waals surface area contributed by atoms with E-state index < -0.39 is 4.90 Å². The molecule has 0 aliphatic carbocycles. The molecule has 4 nitrogen and oxygen atoms in total. The van der Waals surface area contributed by atoms with Gasteiger partial charge in [0.2, 0.25) is 0 Å². The van der Waals surface area contributed by atoms with Gasteiger partial charge in [0, 0.05) is 23.9 Å². The minimum absolute atomic E-state index is 0.0626. The molecule has 0 unspecified atom stereocenters. The van der Waals surface area contributed by atoms with Crippen LogP contribution in [0.15, 0.2) is 23.9 Å². The van der Waals surface area contributed by atoms with E-state index in [1.807, 2.05) is 12.3 Å². The molecule has 0 fully saturated rings. The van der Waals surface area contributed by atoms with Crippen molar-refractivity contribution in [2.75, 3.05) is 6.54 Å². The summed E-state index contributed by atoms with van der Waals surface area (Å²) in [6.07, 6.45) is 6.54. The van der Waals surface area contributed by atoms with Crippen molar-refractivity contribution in [3.8, 4) is 0 Å². The fraction of sp³-hybridized carbons (Fsp3) is 0.500. The second-order valence-corrected chi connectivity index (χ2v) is 4.26. The van der Waals surface area contributed by atoms with E-state index in [1.165, 1.54) is 0 Å². The summed E-state index contributed by atoms with van der Waals surface area (Å²) in [5.74, 6) is 0. The highest BCUT2D eigenvalue weighted by molar-refractivity contribution is 5.78. The summed E-state index contributed by atoms with van der Waals surface area (Å²) < 4.78 is 0. The first-order valence-corrected chi connectivity index (χ1v) is 4.53. The van der Waals surface area contributed by atoms with Crippen LogP contribution in [-0.4, -0.2) is 28.1 Å². The number of nitrogens with zero attached hydrogens (tertiary/aromatic N) is 2. The van der Waals surface area contributed by atoms with Crippen molar-refractivity contribution >= 4 is 6.21 Å². The van der Waals surface area contributed by atoms with Crippen LogP contribution < -0.4 is 0 Å². The van der Waals surface area contributed by atoms with E-state index in [9.17, 15) is 10.4 Å². The van der Waals surface area contributed by atoms with Crippen LogP contribution in [0.5, 0.6) is 0 Å². The summed E-state index contributed by atoms with van der Waals surface area (Å²) in [7, 11) is 0. The van der Waals surface area contributed by atoms with E-state index in [0.29, 0.717) is 5.57 Å². The topological polar surface area (TPSA) is 52.4 Å². The molecule has 4 heteroatoms. The molecular weight excluding hydrogens is 180 g/mol. The van der Waals surface area contributed by atoms with Gasteiger partial charge in [0.25, 0.3) is 0 Å². The van der Waals surface area contributed by atoms with Crippen LogP contribution >= 0.6 is 0 Å². The molecular formula is C10H15N2O2-. The van der Waals surface area contributed by atoms with Gasteiger partial charge < -0.3 is 15.3 Å². The van der Waals surface area contributed by atoms with Crippen molar-refractivity contribution < 1.29 is 4.90 Å². The van der Waals surface area contributed by atoms with E-state index in [4.69, 9.17) is 0 Å². The van der Waals surface area contributed by atoms with Gasteiger partial charge in [-0.2, -0.15) is 4.90 Å². The van der Waals surface area contributed by atoms with Gasteiger partial charge in [-0.15, -0.1) is 0 Å². The van der Waals surface area contributed by atoms with Crippen LogP contribution in [0.1, 0.15) is 20.8 Å². The van der Waals surface area contributed by atoms with Gasteiger partial charge in [-0.3, -0.25) is 0 Å². The van der Waals surface area contributed by atoms with Crippen LogP contribution in [0.3, 0.4) is 0 Å². The SMILES string of the molecule is CC(C)(C)N1C=CC(C=[N+]([O-])[O-])=CC1. The molecule has 0 bridgehead atoms. The molecule has 14 heavy (non-hydrogen) atoms. The van der Waals surface area contributed by atoms with Crippen LogP contribution in [0.2, 0.25) is 0 Å². The maximum atomic E-state index is 10.2. The lowest BCUT2D eigenvalue weighted by Crippen LogP contribution is -2.38. The smallest absolute Gasteiger partial charge is 0.193 e. The lowest BCUT2D eigenvalue weighted by Gasteiger charge is -2.35. The Kier molecular flexibility index (Phi) is 2.84. The molecule has 1 rings (SSSR count). The molecule has 0 N–H and O–H groups in total. The second-order valence-electron chi connectivity index (χ2n) is 4.26. The maximum absolute atomic E-state index is 10.2. The Labute approximate surface area is 84.0 Å². The molecule has 0 amide bonds. The monoisotopic (exact) mass is 195 g/mol. The molecule has 0 aromatic carbocycles. The highest BCUT2D eigenvalue weighted by Gasteiger charge is 2.18. The quantitative estimate of drug-likeness (QED) is 0.363. The molecule has 0 saturated heterocycles. The first-order chi connectivity index (χ1) is 6.39. The van der Waals surface area contributed by atoms with Crippen molar-refractivity contribution in [1.29, 1.82) is 0 Å². The molecule has 0 spiro atoms. The molecule has 78 valence electrons. The first kappa shape index (κ1) is 10.6. The molecule has 0 radical (unpaired) electrons. The summed E-state index contributed by atoms with van der Waals surface area (Å²) in [6, 6.07) is 0. The van der Waals surface area contributed by atoms with Gasteiger partial charge in [-0.1, -0.05) is 6.08 Å². The van der Waals surface area contributed by atoms with E-state index in [-0.39, 0.29) is 5.54 Å². The Morgan fingerprint density at radius 1 is 1.43 bits per heavy atom. The Morgan fingerprint density at radius 3 is 2.43 bits per heavy atom. The zero-order chi connectivity index (χ0) is 10.8. The number of allylic oxidation sites excluding steroid dienone is 2. The van der Waals surface area contributed by atoms with Crippen LogP contribution in [0.4, 0.5) is 0 Å². The standard InChI is InChI=1S/C10H15N2O2/c1-10(2,3)11-6-4-9(5-7-11)8-12(13)14/h4-6,8H,7H2,1-3H3/q-1. The largest absolute Gasteiger partial charge is 0.612 e. The Balaban J connectivity index is 2.67. The summed E-state index contributed by atoms with van der Waals surface area (Å²) in [5.41, 5.74) is 0.725. The molecule has 1 aliphatic heterocycles. The molecule has 0 aromatic rings. The van der Waals surface area contributed by atoms with Gasteiger partial charge in [0.05, 0.1) is 0 Å². The predicted molar refractivity (Wildman–Crippen MR) is 56.7 cm³/mol. The second kappa shape index (κ2) is 3.74. The summed E-state index contributed by atoms with van der Waals surface area (Å²) in [4.78, 5) is 1.70. The lowest BCUT2D eigenvalue weighted by molar-refractivity contribution is -0.372. The molecule has 1 aliphatic rings. The summed E-state index contributed by atoms with van der Waals surface area (Å²) >= 11 is 0. The van der Waals surface area contributed by atoms with Gasteiger partial charge in [0.1, 0.15) is 0 Å². The summed E-state index contributed by atoms with van der Waals surface area (Å²) in [5, 5.41) is 20.4. The van der Waals surface area contributed by atoms with Crippen LogP contribution in [0, 0.1) is 10.4 Å². The Bertz CT molecular complexity index is 294. The van der Waals surface area contributed by atoms with Crippen molar-refractivity contribution in [3.05, 3.63) is 34.3 Å². The minimum Gasteiger partial charge on any atom is -0.612 e. The third-order valence-electron chi connectivity index (χ3n) is 2.09. The number of hydrogen-bond acceptors (Lipinski definition) is 3. The Morgan fingerprint density at radius 2 is 2.07 bits per heavy atom. The van der Waals surface area contributed by atoms with Gasteiger partial charge in [-0.25, -0.2) is 0 Å². The molecule has 1 heterocycles. The fourth-order valence-corrected chi connectivity index (χ4v) is 1.22. The van der Waals surface area contributed by atoms with Crippen molar-refractivity contribution in [2.24, 2.45) is 0 Å². The van der Waals surface area contributed by atoms with E-state index in [1.54, 1.807) is 6.08 Å². The zero-order valence-corrected chi connectivity index (χ0v) is 8.73. The molecule has 0 atom stereocenters. The van der Waals surface area contributed by atoms with Crippen molar-refractivity contribution in [1.82, 2.24) is 4.90 Å². The first-order valence-electron chi connectivity index (χ1n) is 4.53. The van der Waals surface area contributed by atoms with Crippen LogP contribution in [-0.2, 0) is 0 Å². The zero-order valence-electron chi connectivity index (χ0n) is 8.73. The van der Waals surface area contributed by atoms with Crippen molar-refractivity contribution in [3.63, 3.8) is 0 Å². The van der Waals surface area contributed by atoms with Gasteiger partial charge in [0.15, 0.2) is 6.21 Å². The summed E-state index contributed by atoms with van der Waals surface area (Å²) in [6.45, 7) is 7.04. The maximum Gasteiger partial charge on any atom is 0.193 e. The average molecular weight is 195 g/mol. The third-order valence-corrected chi connectivity index (χ3v) is 2.09. The molecule has 0 saturated carbocycles. The normalized spacial score (nSPS) is 16.5. The van der Waals surface area contributed by atoms with E-state index in [2.05, 4.69) is 25.7 Å². The average Bonchev–Trinajstić information content (AvgIpc) is 2.02.